The summed E-state index contributed by atoms with van der Waals surface area (Å²) in [5.41, 5.74) is 2.52. The van der Waals surface area contributed by atoms with Crippen LogP contribution in [0.25, 0.3) is 12.2 Å². The van der Waals surface area contributed by atoms with Crippen LogP contribution in [0.15, 0.2) is 37.2 Å². The summed E-state index contributed by atoms with van der Waals surface area (Å²) < 4.78 is 33.4. The van der Waals surface area contributed by atoms with Gasteiger partial charge in [0, 0.05) is 42.8 Å². The van der Waals surface area contributed by atoms with Crippen LogP contribution in [0.1, 0.15) is 165 Å². The number of carbonyl (C=O) groups is 3. The van der Waals surface area contributed by atoms with E-state index < -0.39 is 17.7 Å². The van der Waals surface area contributed by atoms with Crippen LogP contribution in [-0.2, 0) is 38.0 Å². The summed E-state index contributed by atoms with van der Waals surface area (Å²) in [6, 6.07) is 0. The van der Waals surface area contributed by atoms with Crippen molar-refractivity contribution in [3.05, 3.63) is 59.7 Å². The zero-order valence-electron chi connectivity index (χ0n) is 35.8. The third kappa shape index (κ3) is 16.7. The van der Waals surface area contributed by atoms with Crippen molar-refractivity contribution in [2.24, 2.45) is 0 Å². The summed E-state index contributed by atoms with van der Waals surface area (Å²) in [5.74, 6) is -1.84. The SMILES string of the molecule is CCCCCC(=O)c1ncncc1/C=C/[C@H]1OC(C)(C)O[C@H]1CCCC(=O)OC.CCCCC[C@H](O)c1ncncc1/C=C/[C@H]1OC(C)(C)O[C@H]1CCCC(=O)OC. The number of aromatic nitrogens is 4. The van der Waals surface area contributed by atoms with Crippen LogP contribution < -0.4 is 0 Å². The zero-order valence-corrected chi connectivity index (χ0v) is 35.8. The quantitative estimate of drug-likeness (QED) is 0.0685. The molecule has 0 amide bonds. The summed E-state index contributed by atoms with van der Waals surface area (Å²) in [7, 11) is 2.78. The van der Waals surface area contributed by atoms with Gasteiger partial charge in [0.2, 0.25) is 0 Å². The Kier molecular flexibility index (Phi) is 20.7. The highest BCUT2D eigenvalue weighted by atomic mass is 16.8. The van der Waals surface area contributed by atoms with Crippen molar-refractivity contribution in [2.75, 3.05) is 14.2 Å². The molecule has 0 spiro atoms. The minimum atomic E-state index is -0.711. The van der Waals surface area contributed by atoms with Crippen LogP contribution in [0.3, 0.4) is 0 Å². The Morgan fingerprint density at radius 3 is 1.74 bits per heavy atom. The Bertz CT molecular complexity index is 1630. The molecule has 58 heavy (non-hydrogen) atoms. The topological polar surface area (TPSA) is 178 Å². The van der Waals surface area contributed by atoms with Gasteiger partial charge in [-0.2, -0.15) is 0 Å². The van der Waals surface area contributed by atoms with E-state index in [0.29, 0.717) is 68.3 Å². The van der Waals surface area contributed by atoms with Crippen LogP contribution in [-0.4, -0.2) is 93.0 Å². The Balaban J connectivity index is 0.000000310. The molecule has 2 aliphatic heterocycles. The van der Waals surface area contributed by atoms with Crippen LogP contribution in [0.2, 0.25) is 0 Å². The second-order valence-electron chi connectivity index (χ2n) is 15.5. The van der Waals surface area contributed by atoms with Crippen LogP contribution in [0, 0.1) is 0 Å². The molecule has 2 fully saturated rings. The average Bonchev–Trinajstić information content (AvgIpc) is 3.67. The molecule has 14 heteroatoms. The highest BCUT2D eigenvalue weighted by Gasteiger charge is 2.40. The number of rotatable bonds is 22. The Morgan fingerprint density at radius 2 is 1.21 bits per heavy atom. The fourth-order valence-corrected chi connectivity index (χ4v) is 6.83. The first-order valence-electron chi connectivity index (χ1n) is 20.7. The molecule has 0 saturated carbocycles. The average molecular weight is 811 g/mol. The van der Waals surface area contributed by atoms with Gasteiger partial charge in [-0.3, -0.25) is 14.4 Å². The monoisotopic (exact) mass is 810 g/mol. The molecule has 5 atom stereocenters. The fourth-order valence-electron chi connectivity index (χ4n) is 6.83. The third-order valence-corrected chi connectivity index (χ3v) is 9.75. The summed E-state index contributed by atoms with van der Waals surface area (Å²) in [6.45, 7) is 11.7. The van der Waals surface area contributed by atoms with Crippen LogP contribution >= 0.6 is 0 Å². The number of aliphatic hydroxyl groups is 1. The molecule has 2 aliphatic rings. The van der Waals surface area contributed by atoms with Gasteiger partial charge in [-0.15, -0.1) is 0 Å². The van der Waals surface area contributed by atoms with E-state index in [-0.39, 0.29) is 42.1 Å². The van der Waals surface area contributed by atoms with Gasteiger partial charge in [0.15, 0.2) is 17.4 Å². The standard InChI is InChI=1S/C22H34N2O5.C22H32N2O5/c2*1-5-6-7-9-17(25)21-16(14-23-15-24-21)12-13-19-18(28-22(2,3)29-19)10-8-11-20(26)27-4/h12-15,17-19,25H,5-11H2,1-4H3;12-15,18-19H,5-11H2,1-4H3/b2*13-12+/t17-,18-,19+;18-,19+/m00/s1. The summed E-state index contributed by atoms with van der Waals surface area (Å²) in [4.78, 5) is 51.9. The smallest absolute Gasteiger partial charge is 0.305 e. The molecule has 2 aromatic rings. The highest BCUT2D eigenvalue weighted by molar-refractivity contribution is 5.97. The molecule has 2 aromatic heterocycles. The number of ether oxygens (including phenoxy) is 6. The molecule has 4 rings (SSSR count). The van der Waals surface area contributed by atoms with Gasteiger partial charge in [0.05, 0.1) is 38.2 Å². The molecule has 0 aromatic carbocycles. The molecule has 4 heterocycles. The van der Waals surface area contributed by atoms with Crippen molar-refractivity contribution >= 4 is 29.9 Å². The number of carbonyl (C=O) groups excluding carboxylic acids is 3. The van der Waals surface area contributed by atoms with Gasteiger partial charge >= 0.3 is 11.9 Å². The first-order valence-corrected chi connectivity index (χ1v) is 20.7. The van der Waals surface area contributed by atoms with Gasteiger partial charge in [-0.25, -0.2) is 19.9 Å². The number of Topliss-reactive ketones (excluding diaryl/α,β-unsaturated/α-hetero) is 1. The minimum Gasteiger partial charge on any atom is -0.469 e. The van der Waals surface area contributed by atoms with Gasteiger partial charge in [-0.1, -0.05) is 70.3 Å². The number of ketones is 1. The van der Waals surface area contributed by atoms with Crippen LogP contribution in [0.5, 0.6) is 0 Å². The van der Waals surface area contributed by atoms with Crippen molar-refractivity contribution in [2.45, 2.75) is 174 Å². The second kappa shape index (κ2) is 24.9. The number of unbranched alkanes of at least 4 members (excludes halogenated alkanes) is 4. The minimum absolute atomic E-state index is 0.0269. The van der Waals surface area contributed by atoms with Gasteiger partial charge in [0.1, 0.15) is 30.6 Å². The third-order valence-electron chi connectivity index (χ3n) is 9.75. The predicted molar refractivity (Wildman–Crippen MR) is 219 cm³/mol. The van der Waals surface area contributed by atoms with Gasteiger partial charge in [0.25, 0.3) is 0 Å². The van der Waals surface area contributed by atoms with E-state index in [1.165, 1.54) is 26.9 Å². The number of hydrogen-bond donors (Lipinski definition) is 1. The van der Waals surface area contributed by atoms with Gasteiger partial charge in [-0.05, 0) is 66.2 Å². The van der Waals surface area contributed by atoms with E-state index in [9.17, 15) is 19.5 Å². The Hall–Kier alpha value is -3.95. The summed E-state index contributed by atoms with van der Waals surface area (Å²) >= 11 is 0. The van der Waals surface area contributed by atoms with E-state index in [1.54, 1.807) is 12.4 Å². The van der Waals surface area contributed by atoms with E-state index >= 15 is 0 Å². The molecule has 2 saturated heterocycles. The lowest BCUT2D eigenvalue weighted by atomic mass is 10.0. The fraction of sp³-hybridized carbons (Fsp3) is 0.659. The van der Waals surface area contributed by atoms with E-state index in [0.717, 1.165) is 44.1 Å². The normalized spacial score (nSPS) is 21.5. The van der Waals surface area contributed by atoms with Crippen LogP contribution in [0.4, 0.5) is 0 Å². The summed E-state index contributed by atoms with van der Waals surface area (Å²) in [5, 5.41) is 10.5. The maximum atomic E-state index is 12.5. The van der Waals surface area contributed by atoms with E-state index in [2.05, 4.69) is 38.5 Å². The second-order valence-corrected chi connectivity index (χ2v) is 15.5. The predicted octanol–water partition coefficient (Wildman–Crippen LogP) is 8.08. The van der Waals surface area contributed by atoms with E-state index in [1.807, 2.05) is 52.0 Å². The maximum Gasteiger partial charge on any atom is 0.305 e. The number of nitrogens with zero attached hydrogens (tertiary/aromatic N) is 4. The van der Waals surface area contributed by atoms with Crippen molar-refractivity contribution in [1.29, 1.82) is 0 Å². The summed E-state index contributed by atoms with van der Waals surface area (Å²) in [6.07, 6.45) is 22.9. The zero-order chi connectivity index (χ0) is 42.6. The Labute approximate surface area is 344 Å². The van der Waals surface area contributed by atoms with Crippen molar-refractivity contribution in [1.82, 2.24) is 19.9 Å². The molecular weight excluding hydrogens is 745 g/mol. The van der Waals surface area contributed by atoms with Crippen molar-refractivity contribution in [3.8, 4) is 0 Å². The number of hydrogen-bond acceptors (Lipinski definition) is 14. The number of aliphatic hydroxyl groups excluding tert-OH is 1. The number of methoxy groups -OCH3 is 2. The lowest BCUT2D eigenvalue weighted by Gasteiger charge is -2.16. The first kappa shape index (κ1) is 48.4. The molecule has 322 valence electrons. The molecule has 0 unspecified atom stereocenters. The lowest BCUT2D eigenvalue weighted by molar-refractivity contribution is -0.145. The number of esters is 2. The first-order chi connectivity index (χ1) is 27.7. The molecule has 0 radical (unpaired) electrons. The van der Waals surface area contributed by atoms with Gasteiger partial charge < -0.3 is 33.5 Å². The highest BCUT2D eigenvalue weighted by Crippen LogP contribution is 2.34. The van der Waals surface area contributed by atoms with E-state index in [4.69, 9.17) is 23.7 Å². The Morgan fingerprint density at radius 1 is 0.707 bits per heavy atom. The molecule has 1 N–H and O–H groups in total. The van der Waals surface area contributed by atoms with Crippen molar-refractivity contribution in [3.63, 3.8) is 0 Å². The largest absolute Gasteiger partial charge is 0.469 e. The van der Waals surface area contributed by atoms with Crippen molar-refractivity contribution < 1.29 is 47.9 Å². The lowest BCUT2D eigenvalue weighted by Crippen LogP contribution is -2.21. The molecular formula is C44H66N4O10. The molecule has 0 bridgehead atoms. The molecule has 14 nitrogen and oxygen atoms in total. The molecule has 0 aliphatic carbocycles. The maximum absolute atomic E-state index is 12.5.